The first-order valence-electron chi connectivity index (χ1n) is 10.5. The summed E-state index contributed by atoms with van der Waals surface area (Å²) in [5.74, 6) is 1.61. The largest absolute Gasteiger partial charge is 0.473 e. The molecule has 9 heteroatoms. The zero-order chi connectivity index (χ0) is 22.0. The average Bonchev–Trinajstić information content (AvgIpc) is 2.71. The van der Waals surface area contributed by atoms with E-state index in [9.17, 15) is 4.79 Å². The zero-order valence-corrected chi connectivity index (χ0v) is 18.3. The molecular formula is C22H28N4O5. The van der Waals surface area contributed by atoms with Crippen LogP contribution in [0.25, 0.3) is 0 Å². The zero-order valence-electron chi connectivity index (χ0n) is 18.3. The summed E-state index contributed by atoms with van der Waals surface area (Å²) < 4.78 is 23.4. The number of aromatic nitrogens is 3. The first-order valence-corrected chi connectivity index (χ1v) is 10.5. The van der Waals surface area contributed by atoms with Gasteiger partial charge in [0.05, 0.1) is 30.6 Å². The Bertz CT molecular complexity index is 924. The molecule has 0 radical (unpaired) electrons. The molecule has 4 heterocycles. The van der Waals surface area contributed by atoms with Crippen LogP contribution in [0.5, 0.6) is 17.5 Å². The number of hydrogen-bond donors (Lipinski definition) is 0. The molecule has 31 heavy (non-hydrogen) atoms. The van der Waals surface area contributed by atoms with E-state index in [4.69, 9.17) is 18.9 Å². The van der Waals surface area contributed by atoms with Crippen LogP contribution in [0.2, 0.25) is 0 Å². The topological polar surface area (TPSA) is 95.9 Å². The Morgan fingerprint density at radius 1 is 1.13 bits per heavy atom. The Morgan fingerprint density at radius 3 is 2.52 bits per heavy atom. The van der Waals surface area contributed by atoms with Gasteiger partial charge in [-0.3, -0.25) is 4.98 Å². The van der Waals surface area contributed by atoms with Crippen molar-refractivity contribution in [3.05, 3.63) is 35.9 Å². The summed E-state index contributed by atoms with van der Waals surface area (Å²) in [6, 6.07) is 3.66. The third-order valence-electron chi connectivity index (χ3n) is 5.50. The minimum atomic E-state index is -0.286. The van der Waals surface area contributed by atoms with Crippen molar-refractivity contribution < 1.29 is 23.7 Å². The maximum Gasteiger partial charge on any atom is 0.410 e. The van der Waals surface area contributed by atoms with Gasteiger partial charge in [-0.2, -0.15) is 0 Å². The molecule has 166 valence electrons. The highest BCUT2D eigenvalue weighted by Crippen LogP contribution is 2.34. The van der Waals surface area contributed by atoms with Crippen molar-refractivity contribution in [3.8, 4) is 17.5 Å². The van der Waals surface area contributed by atoms with E-state index in [1.54, 1.807) is 11.1 Å². The van der Waals surface area contributed by atoms with Gasteiger partial charge in [0.2, 0.25) is 11.8 Å². The molecule has 2 aliphatic heterocycles. The number of carbonyl (C=O) groups is 1. The highest BCUT2D eigenvalue weighted by Gasteiger charge is 2.44. The summed E-state index contributed by atoms with van der Waals surface area (Å²) in [6.45, 7) is 9.54. The van der Waals surface area contributed by atoms with Crippen LogP contribution >= 0.6 is 0 Å². The van der Waals surface area contributed by atoms with Crippen LogP contribution in [-0.2, 0) is 9.47 Å². The smallest absolute Gasteiger partial charge is 0.410 e. The maximum absolute atomic E-state index is 12.4. The molecule has 2 aromatic heterocycles. The summed E-state index contributed by atoms with van der Waals surface area (Å²) in [5.41, 5.74) is 1.49. The summed E-state index contributed by atoms with van der Waals surface area (Å²) in [4.78, 5) is 27.0. The van der Waals surface area contributed by atoms with Crippen molar-refractivity contribution in [1.29, 1.82) is 0 Å². The molecule has 3 atom stereocenters. The predicted octanol–water partition coefficient (Wildman–Crippen LogP) is 3.15. The second kappa shape index (κ2) is 9.05. The number of hydrogen-bond acceptors (Lipinski definition) is 8. The molecule has 0 aromatic carbocycles. The fraction of sp³-hybridized carbons (Fsp3) is 0.545. The average molecular weight is 428 g/mol. The standard InChI is InChI=1S/C22H28N4O5/c1-13(2)29-22(27)26-8-16-10-28-11-17(9-26)19(16)31-21-14(3)20(24-12-25-21)30-18-6-5-7-23-15(18)4/h5-7,12-13,16-17,19H,8-11H2,1-4H3/t16-,17+,19?. The predicted molar refractivity (Wildman–Crippen MR) is 111 cm³/mol. The number of amides is 1. The van der Waals surface area contributed by atoms with Crippen LogP contribution in [0.4, 0.5) is 4.79 Å². The molecule has 0 N–H and O–H groups in total. The van der Waals surface area contributed by atoms with Crippen molar-refractivity contribution in [3.63, 3.8) is 0 Å². The molecule has 0 aliphatic carbocycles. The monoisotopic (exact) mass is 428 g/mol. The van der Waals surface area contributed by atoms with Gasteiger partial charge < -0.3 is 23.8 Å². The lowest BCUT2D eigenvalue weighted by molar-refractivity contribution is -0.111. The summed E-state index contributed by atoms with van der Waals surface area (Å²) in [7, 11) is 0. The van der Waals surface area contributed by atoms with E-state index in [-0.39, 0.29) is 30.1 Å². The molecule has 0 saturated carbocycles. The molecule has 9 nitrogen and oxygen atoms in total. The van der Waals surface area contributed by atoms with Gasteiger partial charge in [-0.15, -0.1) is 0 Å². The highest BCUT2D eigenvalue weighted by molar-refractivity contribution is 5.68. The summed E-state index contributed by atoms with van der Waals surface area (Å²) in [5, 5.41) is 0. The minimum Gasteiger partial charge on any atom is -0.473 e. The van der Waals surface area contributed by atoms with Crippen molar-refractivity contribution in [2.45, 2.75) is 39.9 Å². The van der Waals surface area contributed by atoms with E-state index in [0.717, 1.165) is 5.69 Å². The van der Waals surface area contributed by atoms with Crippen molar-refractivity contribution in [2.75, 3.05) is 26.3 Å². The number of piperidine rings is 1. The van der Waals surface area contributed by atoms with Crippen LogP contribution in [-0.4, -0.2) is 64.5 Å². The van der Waals surface area contributed by atoms with Crippen LogP contribution < -0.4 is 9.47 Å². The fourth-order valence-corrected chi connectivity index (χ4v) is 3.97. The van der Waals surface area contributed by atoms with E-state index in [2.05, 4.69) is 15.0 Å². The Labute approximate surface area is 181 Å². The number of carbonyl (C=O) groups excluding carboxylic acids is 1. The van der Waals surface area contributed by atoms with Crippen molar-refractivity contribution in [1.82, 2.24) is 19.9 Å². The quantitative estimate of drug-likeness (QED) is 0.717. The van der Waals surface area contributed by atoms with Gasteiger partial charge >= 0.3 is 6.09 Å². The van der Waals surface area contributed by atoms with Gasteiger partial charge in [0.25, 0.3) is 0 Å². The van der Waals surface area contributed by atoms with Crippen LogP contribution in [0, 0.1) is 25.7 Å². The SMILES string of the molecule is Cc1ncccc1Oc1ncnc(OC2[C@@H]3COC[C@H]2CN(C(=O)OC(C)C)C3)c1C. The van der Waals surface area contributed by atoms with E-state index in [1.165, 1.54) is 6.33 Å². The summed E-state index contributed by atoms with van der Waals surface area (Å²) in [6.07, 6.45) is 2.60. The molecule has 4 rings (SSSR count). The van der Waals surface area contributed by atoms with Crippen LogP contribution in [0.1, 0.15) is 25.1 Å². The van der Waals surface area contributed by atoms with Gasteiger partial charge in [-0.05, 0) is 39.8 Å². The third-order valence-corrected chi connectivity index (χ3v) is 5.50. The second-order valence-electron chi connectivity index (χ2n) is 8.28. The van der Waals surface area contributed by atoms with Crippen LogP contribution in [0.15, 0.2) is 24.7 Å². The van der Waals surface area contributed by atoms with E-state index >= 15 is 0 Å². The molecule has 2 aromatic rings. The molecule has 1 amide bonds. The van der Waals surface area contributed by atoms with Gasteiger partial charge in [0, 0.05) is 31.1 Å². The minimum absolute atomic E-state index is 0.0338. The summed E-state index contributed by atoms with van der Waals surface area (Å²) >= 11 is 0. The Morgan fingerprint density at radius 2 is 1.84 bits per heavy atom. The molecule has 2 saturated heterocycles. The van der Waals surface area contributed by atoms with Crippen LogP contribution in [0.3, 0.4) is 0 Å². The van der Waals surface area contributed by atoms with E-state index in [0.29, 0.717) is 49.4 Å². The fourth-order valence-electron chi connectivity index (χ4n) is 3.97. The Hall–Kier alpha value is -2.94. The van der Waals surface area contributed by atoms with Crippen molar-refractivity contribution >= 4 is 6.09 Å². The van der Waals surface area contributed by atoms with Crippen molar-refractivity contribution in [2.24, 2.45) is 11.8 Å². The molecule has 2 bridgehead atoms. The number of rotatable bonds is 5. The number of fused-ring (bicyclic) bond motifs is 2. The lowest BCUT2D eigenvalue weighted by atomic mass is 9.84. The number of ether oxygens (including phenoxy) is 4. The Kier molecular flexibility index (Phi) is 6.22. The number of likely N-dealkylation sites (tertiary alicyclic amines) is 1. The van der Waals surface area contributed by atoms with Gasteiger partial charge in [-0.25, -0.2) is 14.8 Å². The normalized spacial score (nSPS) is 22.9. The van der Waals surface area contributed by atoms with Gasteiger partial charge in [0.1, 0.15) is 12.4 Å². The first kappa shape index (κ1) is 21.3. The second-order valence-corrected chi connectivity index (χ2v) is 8.28. The molecule has 0 spiro atoms. The Balaban J connectivity index is 1.49. The number of aryl methyl sites for hydroxylation is 1. The lowest BCUT2D eigenvalue weighted by Gasteiger charge is -2.46. The van der Waals surface area contributed by atoms with E-state index < -0.39 is 0 Å². The van der Waals surface area contributed by atoms with Gasteiger partial charge in [0.15, 0.2) is 5.75 Å². The third kappa shape index (κ3) is 4.71. The number of pyridine rings is 1. The first-order chi connectivity index (χ1) is 14.9. The highest BCUT2D eigenvalue weighted by atomic mass is 16.6. The molecular weight excluding hydrogens is 400 g/mol. The van der Waals surface area contributed by atoms with Gasteiger partial charge in [-0.1, -0.05) is 0 Å². The maximum atomic E-state index is 12.4. The van der Waals surface area contributed by atoms with E-state index in [1.807, 2.05) is 39.8 Å². The molecule has 1 unspecified atom stereocenters. The molecule has 2 aliphatic rings. The lowest BCUT2D eigenvalue weighted by Crippen LogP contribution is -2.58. The molecule has 2 fully saturated rings. The number of nitrogens with zero attached hydrogens (tertiary/aromatic N) is 4.